The van der Waals surface area contributed by atoms with Crippen LogP contribution in [0.3, 0.4) is 0 Å². The van der Waals surface area contributed by atoms with Gasteiger partial charge in [0.15, 0.2) is 0 Å². The Balaban J connectivity index is 2.02. The molecular formula is C14H21N3O2S. The van der Waals surface area contributed by atoms with Gasteiger partial charge in [-0.3, -0.25) is 0 Å². The molecule has 110 valence electrons. The predicted octanol–water partition coefficient (Wildman–Crippen LogP) is 1.69. The molecule has 2 fully saturated rings. The Labute approximate surface area is 120 Å². The number of hydrogen-bond acceptors (Lipinski definition) is 4. The summed E-state index contributed by atoms with van der Waals surface area (Å²) in [5.41, 5.74) is 6.86. The average molecular weight is 295 g/mol. The highest BCUT2D eigenvalue weighted by Crippen LogP contribution is 2.40. The predicted molar refractivity (Wildman–Crippen MR) is 79.9 cm³/mol. The van der Waals surface area contributed by atoms with E-state index in [1.165, 1.54) is 25.3 Å². The monoisotopic (exact) mass is 295 g/mol. The molecular weight excluding hydrogens is 274 g/mol. The molecule has 1 aliphatic heterocycles. The third-order valence-corrected chi connectivity index (χ3v) is 5.55. The van der Waals surface area contributed by atoms with E-state index in [-0.39, 0.29) is 4.90 Å². The lowest BCUT2D eigenvalue weighted by Gasteiger charge is -2.34. The summed E-state index contributed by atoms with van der Waals surface area (Å²) >= 11 is 0. The Kier molecular flexibility index (Phi) is 3.38. The molecule has 0 radical (unpaired) electrons. The van der Waals surface area contributed by atoms with Gasteiger partial charge in [-0.25, -0.2) is 13.6 Å². The molecule has 2 aliphatic rings. The fourth-order valence-corrected chi connectivity index (χ4v) is 4.48. The summed E-state index contributed by atoms with van der Waals surface area (Å²) in [4.78, 5) is 2.38. The molecule has 2 atom stereocenters. The highest BCUT2D eigenvalue weighted by atomic mass is 32.2. The quantitative estimate of drug-likeness (QED) is 0.812. The van der Waals surface area contributed by atoms with E-state index in [2.05, 4.69) is 4.90 Å². The van der Waals surface area contributed by atoms with Crippen LogP contribution in [0.4, 0.5) is 11.4 Å². The highest BCUT2D eigenvalue weighted by Gasteiger charge is 2.37. The van der Waals surface area contributed by atoms with Crippen molar-refractivity contribution >= 4 is 21.4 Å². The Morgan fingerprint density at radius 2 is 1.90 bits per heavy atom. The largest absolute Gasteiger partial charge is 0.399 e. The second-order valence-corrected chi connectivity index (χ2v) is 7.40. The number of anilines is 2. The van der Waals surface area contributed by atoms with Crippen LogP contribution in [-0.2, 0) is 10.0 Å². The lowest BCUT2D eigenvalue weighted by molar-refractivity contribution is 0.341. The zero-order chi connectivity index (χ0) is 14.3. The maximum Gasteiger partial charge on any atom is 0.240 e. The molecule has 20 heavy (non-hydrogen) atoms. The van der Waals surface area contributed by atoms with E-state index in [0.717, 1.165) is 25.1 Å². The van der Waals surface area contributed by atoms with Crippen LogP contribution in [-0.4, -0.2) is 21.0 Å². The van der Waals surface area contributed by atoms with E-state index in [9.17, 15) is 8.42 Å². The van der Waals surface area contributed by atoms with Gasteiger partial charge in [-0.2, -0.15) is 0 Å². The van der Waals surface area contributed by atoms with Crippen molar-refractivity contribution in [1.82, 2.24) is 0 Å². The molecule has 0 amide bonds. The highest BCUT2D eigenvalue weighted by molar-refractivity contribution is 7.89. The number of nitrogens with two attached hydrogens (primary N) is 2. The van der Waals surface area contributed by atoms with E-state index in [0.29, 0.717) is 17.6 Å². The molecule has 0 aromatic heterocycles. The molecule has 1 heterocycles. The fraction of sp³-hybridized carbons (Fsp3) is 0.571. The zero-order valence-corrected chi connectivity index (χ0v) is 12.3. The average Bonchev–Trinajstić information content (AvgIpc) is 2.81. The molecule has 0 spiro atoms. The summed E-state index contributed by atoms with van der Waals surface area (Å²) in [6.45, 7) is 0.905. The first-order valence-corrected chi connectivity index (χ1v) is 8.70. The number of benzene rings is 1. The van der Waals surface area contributed by atoms with E-state index < -0.39 is 10.0 Å². The molecule has 1 aromatic rings. The summed E-state index contributed by atoms with van der Waals surface area (Å²) in [5, 5.41) is 5.35. The first kappa shape index (κ1) is 13.7. The maximum atomic E-state index is 11.8. The van der Waals surface area contributed by atoms with Gasteiger partial charge in [-0.05, 0) is 43.4 Å². The lowest BCUT2D eigenvalue weighted by Crippen LogP contribution is -2.35. The molecule has 3 rings (SSSR count). The lowest BCUT2D eigenvalue weighted by atomic mass is 9.85. The molecule has 4 N–H and O–H groups in total. The van der Waals surface area contributed by atoms with Gasteiger partial charge in [0.25, 0.3) is 0 Å². The van der Waals surface area contributed by atoms with Crippen LogP contribution in [0.25, 0.3) is 0 Å². The summed E-state index contributed by atoms with van der Waals surface area (Å²) in [6, 6.07) is 5.47. The van der Waals surface area contributed by atoms with Gasteiger partial charge in [-0.15, -0.1) is 0 Å². The van der Waals surface area contributed by atoms with Crippen LogP contribution in [0.1, 0.15) is 32.1 Å². The first-order chi connectivity index (χ1) is 9.47. The molecule has 6 heteroatoms. The van der Waals surface area contributed by atoms with Crippen molar-refractivity contribution in [3.63, 3.8) is 0 Å². The van der Waals surface area contributed by atoms with E-state index in [4.69, 9.17) is 10.9 Å². The number of fused-ring (bicyclic) bond motifs is 1. The fourth-order valence-electron chi connectivity index (χ4n) is 3.70. The van der Waals surface area contributed by atoms with Crippen LogP contribution in [0.15, 0.2) is 23.1 Å². The number of nitrogens with zero attached hydrogens (tertiary/aromatic N) is 1. The molecule has 2 unspecified atom stereocenters. The number of hydrogen-bond donors (Lipinski definition) is 2. The van der Waals surface area contributed by atoms with Crippen molar-refractivity contribution in [2.45, 2.75) is 43.0 Å². The van der Waals surface area contributed by atoms with Gasteiger partial charge >= 0.3 is 0 Å². The van der Waals surface area contributed by atoms with Crippen LogP contribution < -0.4 is 15.8 Å². The van der Waals surface area contributed by atoms with E-state index in [1.807, 2.05) is 0 Å². The summed E-state index contributed by atoms with van der Waals surface area (Å²) in [5.74, 6) is 0.689. The van der Waals surface area contributed by atoms with Crippen molar-refractivity contribution in [1.29, 1.82) is 0 Å². The third kappa shape index (κ3) is 2.38. The standard InChI is InChI=1S/C14H21N3O2S/c15-11-5-6-13(14(9-11)20(16,18)19)17-8-7-10-3-1-2-4-12(10)17/h5-6,9-10,12H,1-4,7-8,15H2,(H2,16,18,19). The van der Waals surface area contributed by atoms with Gasteiger partial charge in [0.05, 0.1) is 5.69 Å². The number of primary sulfonamides is 1. The van der Waals surface area contributed by atoms with Gasteiger partial charge < -0.3 is 10.6 Å². The Bertz CT molecular complexity index is 615. The van der Waals surface area contributed by atoms with Crippen molar-refractivity contribution in [2.75, 3.05) is 17.2 Å². The Morgan fingerprint density at radius 3 is 2.65 bits per heavy atom. The Morgan fingerprint density at radius 1 is 1.15 bits per heavy atom. The van der Waals surface area contributed by atoms with Crippen molar-refractivity contribution in [3.05, 3.63) is 18.2 Å². The van der Waals surface area contributed by atoms with Crippen LogP contribution >= 0.6 is 0 Å². The second-order valence-electron chi connectivity index (χ2n) is 5.87. The van der Waals surface area contributed by atoms with Crippen molar-refractivity contribution < 1.29 is 8.42 Å². The maximum absolute atomic E-state index is 11.8. The molecule has 5 nitrogen and oxygen atoms in total. The molecule has 0 bridgehead atoms. The van der Waals surface area contributed by atoms with Crippen LogP contribution in [0.2, 0.25) is 0 Å². The smallest absolute Gasteiger partial charge is 0.240 e. The van der Waals surface area contributed by atoms with Crippen LogP contribution in [0, 0.1) is 5.92 Å². The summed E-state index contributed by atoms with van der Waals surface area (Å²) < 4.78 is 23.6. The minimum Gasteiger partial charge on any atom is -0.399 e. The van der Waals surface area contributed by atoms with Crippen molar-refractivity contribution in [2.24, 2.45) is 11.1 Å². The molecule has 1 aliphatic carbocycles. The molecule has 1 saturated heterocycles. The van der Waals surface area contributed by atoms with Gasteiger partial charge in [0, 0.05) is 18.3 Å². The SMILES string of the molecule is Nc1ccc(N2CCC3CCCCC32)c(S(N)(=O)=O)c1. The first-order valence-electron chi connectivity index (χ1n) is 7.16. The Hall–Kier alpha value is -1.27. The van der Waals surface area contributed by atoms with E-state index >= 15 is 0 Å². The summed E-state index contributed by atoms with van der Waals surface area (Å²) in [7, 11) is -3.75. The summed E-state index contributed by atoms with van der Waals surface area (Å²) in [6.07, 6.45) is 6.04. The number of nitrogen functional groups attached to an aromatic ring is 1. The number of rotatable bonds is 2. The minimum absolute atomic E-state index is 0.156. The topological polar surface area (TPSA) is 89.4 Å². The van der Waals surface area contributed by atoms with E-state index in [1.54, 1.807) is 12.1 Å². The zero-order valence-electron chi connectivity index (χ0n) is 11.5. The van der Waals surface area contributed by atoms with Gasteiger partial charge in [-0.1, -0.05) is 12.8 Å². The third-order valence-electron chi connectivity index (χ3n) is 4.61. The second kappa shape index (κ2) is 4.93. The molecule has 1 aromatic carbocycles. The van der Waals surface area contributed by atoms with Gasteiger partial charge in [0.2, 0.25) is 10.0 Å². The number of sulfonamides is 1. The normalized spacial score (nSPS) is 26.6. The van der Waals surface area contributed by atoms with Gasteiger partial charge in [0.1, 0.15) is 4.90 Å². The van der Waals surface area contributed by atoms with Crippen LogP contribution in [0.5, 0.6) is 0 Å². The van der Waals surface area contributed by atoms with Crippen molar-refractivity contribution in [3.8, 4) is 0 Å². The minimum atomic E-state index is -3.75. The molecule has 1 saturated carbocycles.